The van der Waals surface area contributed by atoms with E-state index in [2.05, 4.69) is 5.32 Å². The van der Waals surface area contributed by atoms with E-state index in [1.54, 1.807) is 25.1 Å². The van der Waals surface area contributed by atoms with E-state index in [4.69, 9.17) is 10.8 Å². The summed E-state index contributed by atoms with van der Waals surface area (Å²) in [5, 5.41) is 20.7. The van der Waals surface area contributed by atoms with Crippen LogP contribution < -0.4 is 11.1 Å². The number of hydrogen-bond donors (Lipinski definition) is 4. The second-order valence-corrected chi connectivity index (χ2v) is 6.27. The number of amides is 1. The van der Waals surface area contributed by atoms with E-state index in [9.17, 15) is 14.7 Å². The maximum atomic E-state index is 12.2. The van der Waals surface area contributed by atoms with E-state index in [-0.39, 0.29) is 17.2 Å². The quantitative estimate of drug-likeness (QED) is 0.380. The van der Waals surface area contributed by atoms with Crippen molar-refractivity contribution in [1.82, 2.24) is 0 Å². The molecule has 0 spiro atoms. The Hall–Kier alpha value is -2.67. The molecule has 0 saturated carbocycles. The summed E-state index contributed by atoms with van der Waals surface area (Å²) in [5.41, 5.74) is 6.36. The lowest BCUT2D eigenvalue weighted by Crippen LogP contribution is -2.22. The number of carbonyl (C=O) groups excluding carboxylic acids is 1. The second-order valence-electron chi connectivity index (χ2n) is 4.86. The molecule has 6 nitrogen and oxygen atoms in total. The molecule has 5 N–H and O–H groups in total. The number of carboxylic acid groups (broad SMARTS) is 1. The fraction of sp³-hybridized carbons (Fsp3) is 0.125. The van der Waals surface area contributed by atoms with E-state index in [1.807, 2.05) is 6.07 Å². The van der Waals surface area contributed by atoms with E-state index in [0.717, 1.165) is 4.90 Å². The monoisotopic (exact) mass is 332 g/mol. The molecule has 2 aromatic rings. The van der Waals surface area contributed by atoms with Gasteiger partial charge in [0, 0.05) is 16.3 Å². The highest BCUT2D eigenvalue weighted by Crippen LogP contribution is 2.26. The molecule has 0 radical (unpaired) electrons. The molecule has 0 aliphatic carbocycles. The number of rotatable bonds is 5. The topological polar surface area (TPSA) is 113 Å². The van der Waals surface area contributed by atoms with E-state index in [1.165, 1.54) is 30.0 Å². The number of anilines is 2. The number of thioether (sulfide) groups is 1. The van der Waals surface area contributed by atoms with Crippen LogP contribution in [0, 0.1) is 0 Å². The van der Waals surface area contributed by atoms with Gasteiger partial charge in [-0.05, 0) is 43.3 Å². The minimum Gasteiger partial charge on any atom is -0.507 e. The Kier molecular flexibility index (Phi) is 5.13. The van der Waals surface area contributed by atoms with Crippen LogP contribution in [0.25, 0.3) is 0 Å². The van der Waals surface area contributed by atoms with Crippen molar-refractivity contribution in [2.45, 2.75) is 17.1 Å². The van der Waals surface area contributed by atoms with Gasteiger partial charge < -0.3 is 21.3 Å². The Labute approximate surface area is 137 Å². The van der Waals surface area contributed by atoms with Crippen LogP contribution in [0.4, 0.5) is 11.4 Å². The van der Waals surface area contributed by atoms with Crippen LogP contribution in [0.2, 0.25) is 0 Å². The van der Waals surface area contributed by atoms with Gasteiger partial charge in [0.05, 0.1) is 5.25 Å². The maximum absolute atomic E-state index is 12.2. The molecule has 7 heteroatoms. The van der Waals surface area contributed by atoms with Crippen molar-refractivity contribution in [2.24, 2.45) is 0 Å². The van der Waals surface area contributed by atoms with Crippen LogP contribution in [-0.4, -0.2) is 27.3 Å². The molecule has 2 rings (SSSR count). The van der Waals surface area contributed by atoms with Crippen LogP contribution >= 0.6 is 11.8 Å². The van der Waals surface area contributed by atoms with Gasteiger partial charge in [0.15, 0.2) is 0 Å². The molecule has 0 fully saturated rings. The van der Waals surface area contributed by atoms with Gasteiger partial charge >= 0.3 is 5.97 Å². The Balaban J connectivity index is 2.06. The first-order valence-corrected chi connectivity index (χ1v) is 7.64. The van der Waals surface area contributed by atoms with Gasteiger partial charge in [0.2, 0.25) is 5.91 Å². The number of nitrogen functional groups attached to an aromatic ring is 1. The van der Waals surface area contributed by atoms with Gasteiger partial charge in [0.25, 0.3) is 0 Å². The van der Waals surface area contributed by atoms with Crippen molar-refractivity contribution in [2.75, 3.05) is 11.1 Å². The number of aromatic carboxylic acids is 1. The highest BCUT2D eigenvalue weighted by atomic mass is 32.2. The average Bonchev–Trinajstić information content (AvgIpc) is 2.48. The van der Waals surface area contributed by atoms with Crippen molar-refractivity contribution in [3.8, 4) is 5.75 Å². The number of hydrogen-bond acceptors (Lipinski definition) is 5. The molecule has 0 bridgehead atoms. The van der Waals surface area contributed by atoms with E-state index >= 15 is 0 Å². The van der Waals surface area contributed by atoms with Crippen LogP contribution in [0.1, 0.15) is 17.3 Å². The summed E-state index contributed by atoms with van der Waals surface area (Å²) in [6, 6.07) is 11.1. The number of aromatic hydroxyl groups is 1. The average molecular weight is 332 g/mol. The summed E-state index contributed by atoms with van der Waals surface area (Å²) in [6.45, 7) is 1.74. The largest absolute Gasteiger partial charge is 0.507 e. The van der Waals surface area contributed by atoms with Gasteiger partial charge in [-0.1, -0.05) is 6.07 Å². The normalized spacial score (nSPS) is 11.7. The molecule has 0 heterocycles. The number of nitrogens with one attached hydrogen (secondary N) is 1. The predicted molar refractivity (Wildman–Crippen MR) is 89.9 cm³/mol. The molecule has 23 heavy (non-hydrogen) atoms. The zero-order chi connectivity index (χ0) is 17.0. The molecule has 1 amide bonds. The van der Waals surface area contributed by atoms with Crippen molar-refractivity contribution in [3.05, 3.63) is 48.0 Å². The zero-order valence-corrected chi connectivity index (χ0v) is 13.1. The minimum atomic E-state index is -1.26. The van der Waals surface area contributed by atoms with Crippen molar-refractivity contribution in [1.29, 1.82) is 0 Å². The number of nitrogens with two attached hydrogens (primary N) is 1. The Morgan fingerprint density at radius 1 is 1.22 bits per heavy atom. The molecule has 0 aliphatic rings. The third kappa shape index (κ3) is 4.40. The van der Waals surface area contributed by atoms with E-state index in [0.29, 0.717) is 11.4 Å². The summed E-state index contributed by atoms with van der Waals surface area (Å²) >= 11 is 1.34. The summed E-state index contributed by atoms with van der Waals surface area (Å²) < 4.78 is 0. The smallest absolute Gasteiger partial charge is 0.339 e. The Morgan fingerprint density at radius 3 is 2.61 bits per heavy atom. The summed E-state index contributed by atoms with van der Waals surface area (Å²) in [6.07, 6.45) is 0. The first kappa shape index (κ1) is 16.7. The SMILES string of the molecule is CC(Sc1cccc(N)c1)C(=O)Nc1ccc(O)c(C(=O)O)c1. The highest BCUT2D eigenvalue weighted by Gasteiger charge is 2.16. The second kappa shape index (κ2) is 7.06. The predicted octanol–water partition coefficient (Wildman–Crippen LogP) is 2.79. The molecular weight excluding hydrogens is 316 g/mol. The van der Waals surface area contributed by atoms with Crippen molar-refractivity contribution in [3.63, 3.8) is 0 Å². The first-order chi connectivity index (χ1) is 10.9. The fourth-order valence-corrected chi connectivity index (χ4v) is 2.81. The van der Waals surface area contributed by atoms with E-state index < -0.39 is 11.2 Å². The van der Waals surface area contributed by atoms with Gasteiger partial charge in [-0.2, -0.15) is 0 Å². The minimum absolute atomic E-state index is 0.265. The molecule has 0 saturated heterocycles. The number of carboxylic acids is 1. The number of benzene rings is 2. The van der Waals surface area contributed by atoms with Gasteiger partial charge in [-0.3, -0.25) is 4.79 Å². The standard InChI is InChI=1S/C16H16N2O4S/c1-9(23-12-4-2-3-10(17)7-12)15(20)18-11-5-6-14(19)13(8-11)16(21)22/h2-9,19H,17H2,1H3,(H,18,20)(H,21,22). The maximum Gasteiger partial charge on any atom is 0.339 e. The molecular formula is C16H16N2O4S. The molecule has 1 atom stereocenters. The van der Waals surface area contributed by atoms with Crippen LogP contribution in [0.15, 0.2) is 47.4 Å². The fourth-order valence-electron chi connectivity index (χ4n) is 1.87. The first-order valence-electron chi connectivity index (χ1n) is 6.76. The molecule has 0 aliphatic heterocycles. The molecule has 120 valence electrons. The van der Waals surface area contributed by atoms with Crippen LogP contribution in [0.5, 0.6) is 5.75 Å². The van der Waals surface area contributed by atoms with Crippen molar-refractivity contribution >= 4 is 35.0 Å². The number of carbonyl (C=O) groups is 2. The van der Waals surface area contributed by atoms with Gasteiger partial charge in [0.1, 0.15) is 11.3 Å². The molecule has 1 unspecified atom stereocenters. The Morgan fingerprint density at radius 2 is 1.96 bits per heavy atom. The zero-order valence-electron chi connectivity index (χ0n) is 12.3. The molecule has 2 aromatic carbocycles. The summed E-state index contributed by atoms with van der Waals surface area (Å²) in [4.78, 5) is 24.0. The van der Waals surface area contributed by atoms with Gasteiger partial charge in [-0.15, -0.1) is 11.8 Å². The number of phenols is 1. The van der Waals surface area contributed by atoms with Crippen molar-refractivity contribution < 1.29 is 19.8 Å². The highest BCUT2D eigenvalue weighted by molar-refractivity contribution is 8.00. The van der Waals surface area contributed by atoms with Crippen LogP contribution in [0.3, 0.4) is 0 Å². The van der Waals surface area contributed by atoms with Crippen LogP contribution in [-0.2, 0) is 4.79 Å². The third-order valence-electron chi connectivity index (χ3n) is 3.03. The lowest BCUT2D eigenvalue weighted by molar-refractivity contribution is -0.115. The van der Waals surface area contributed by atoms with Gasteiger partial charge in [-0.25, -0.2) is 4.79 Å². The lowest BCUT2D eigenvalue weighted by atomic mass is 10.2. The Bertz CT molecular complexity index is 749. The molecule has 0 aromatic heterocycles. The third-order valence-corrected chi connectivity index (χ3v) is 4.13. The summed E-state index contributed by atoms with van der Waals surface area (Å²) in [7, 11) is 0. The lowest BCUT2D eigenvalue weighted by Gasteiger charge is -2.13. The summed E-state index contributed by atoms with van der Waals surface area (Å²) in [5.74, 6) is -1.89.